The topological polar surface area (TPSA) is 63.6 Å². The van der Waals surface area contributed by atoms with Gasteiger partial charge in [-0.15, -0.1) is 0 Å². The third-order valence-corrected chi connectivity index (χ3v) is 3.38. The van der Waals surface area contributed by atoms with Crippen molar-refractivity contribution >= 4 is 11.9 Å². The average molecular weight is 306 g/mol. The molecule has 0 bridgehead atoms. The highest BCUT2D eigenvalue weighted by molar-refractivity contribution is 6.02. The molecule has 4 nitrogen and oxygen atoms in total. The molecule has 0 fully saturated rings. The van der Waals surface area contributed by atoms with Gasteiger partial charge in [0, 0.05) is 0 Å². The summed E-state index contributed by atoms with van der Waals surface area (Å²) in [6.07, 6.45) is 1.56. The molecule has 1 aromatic carbocycles. The maximum absolute atomic E-state index is 12.2. The van der Waals surface area contributed by atoms with Crippen molar-refractivity contribution < 1.29 is 19.4 Å². The number of carboxylic acid groups (broad SMARTS) is 1. The van der Waals surface area contributed by atoms with Gasteiger partial charge in [-0.3, -0.25) is 0 Å². The fourth-order valence-corrected chi connectivity index (χ4v) is 2.84. The van der Waals surface area contributed by atoms with Gasteiger partial charge in [-0.25, -0.2) is 9.59 Å². The summed E-state index contributed by atoms with van der Waals surface area (Å²) in [6, 6.07) is 6.12. The number of aromatic carboxylic acids is 1. The molecule has 0 aliphatic heterocycles. The number of benzene rings is 1. The Bertz CT molecular complexity index is 528. The number of ether oxygens (including phenoxy) is 1. The summed E-state index contributed by atoms with van der Waals surface area (Å²) < 4.78 is 5.41. The predicted octanol–water partition coefficient (Wildman–Crippen LogP) is 4.39. The zero-order chi connectivity index (χ0) is 16.9. The molecule has 0 saturated carbocycles. The minimum absolute atomic E-state index is 0.0255. The average Bonchev–Trinajstić information content (AvgIpc) is 2.35. The molecule has 0 aliphatic carbocycles. The maximum atomic E-state index is 12.2. The first-order chi connectivity index (χ1) is 10.1. The van der Waals surface area contributed by atoms with Crippen LogP contribution in [0.25, 0.3) is 0 Å². The lowest BCUT2D eigenvalue weighted by atomic mass is 9.83. The van der Waals surface area contributed by atoms with Crippen molar-refractivity contribution in [2.45, 2.75) is 53.6 Å². The van der Waals surface area contributed by atoms with Crippen LogP contribution in [0.5, 0.6) is 0 Å². The Hall–Kier alpha value is -1.84. The molecule has 0 radical (unpaired) electrons. The van der Waals surface area contributed by atoms with Crippen LogP contribution in [0.3, 0.4) is 0 Å². The zero-order valence-corrected chi connectivity index (χ0v) is 14.1. The molecule has 0 amide bonds. The van der Waals surface area contributed by atoms with E-state index < -0.39 is 11.9 Å². The smallest absolute Gasteiger partial charge is 0.339 e. The van der Waals surface area contributed by atoms with Crippen molar-refractivity contribution in [3.8, 4) is 0 Å². The lowest BCUT2D eigenvalue weighted by Gasteiger charge is -2.25. The highest BCUT2D eigenvalue weighted by Gasteiger charge is 2.22. The van der Waals surface area contributed by atoms with Crippen LogP contribution >= 0.6 is 0 Å². The normalized spacial score (nSPS) is 14.2. The number of esters is 1. The summed E-state index contributed by atoms with van der Waals surface area (Å²) >= 11 is 0. The molecule has 22 heavy (non-hydrogen) atoms. The van der Waals surface area contributed by atoms with Crippen LogP contribution < -0.4 is 0 Å². The first-order valence-electron chi connectivity index (χ1n) is 7.63. The highest BCUT2D eigenvalue weighted by atomic mass is 16.5. The maximum Gasteiger partial charge on any atom is 0.339 e. The van der Waals surface area contributed by atoms with Gasteiger partial charge in [0.05, 0.1) is 17.2 Å². The van der Waals surface area contributed by atoms with E-state index in [0.717, 1.165) is 12.8 Å². The van der Waals surface area contributed by atoms with Crippen LogP contribution in [0, 0.1) is 11.3 Å². The third kappa shape index (κ3) is 5.88. The molecule has 1 aromatic rings. The second-order valence-corrected chi connectivity index (χ2v) is 7.17. The molecule has 2 atom stereocenters. The van der Waals surface area contributed by atoms with Crippen molar-refractivity contribution in [3.05, 3.63) is 35.4 Å². The lowest BCUT2D eigenvalue weighted by Crippen LogP contribution is -2.21. The highest BCUT2D eigenvalue weighted by Crippen LogP contribution is 2.27. The van der Waals surface area contributed by atoms with E-state index in [2.05, 4.69) is 27.7 Å². The van der Waals surface area contributed by atoms with Gasteiger partial charge in [0.25, 0.3) is 0 Å². The molecule has 1 rings (SSSR count). The molecule has 2 unspecified atom stereocenters. The van der Waals surface area contributed by atoms with Gasteiger partial charge in [-0.1, -0.05) is 39.8 Å². The molecule has 0 heterocycles. The predicted molar refractivity (Wildman–Crippen MR) is 86.1 cm³/mol. The van der Waals surface area contributed by atoms with E-state index in [9.17, 15) is 9.59 Å². The lowest BCUT2D eigenvalue weighted by molar-refractivity contribution is 0.0276. The van der Waals surface area contributed by atoms with Crippen LogP contribution in [-0.2, 0) is 4.74 Å². The van der Waals surface area contributed by atoms with E-state index in [-0.39, 0.29) is 22.6 Å². The van der Waals surface area contributed by atoms with Crippen molar-refractivity contribution in [2.24, 2.45) is 11.3 Å². The summed E-state index contributed by atoms with van der Waals surface area (Å²) in [5.41, 5.74) is 0.312. The molecule has 0 saturated heterocycles. The Morgan fingerprint density at radius 1 is 1.14 bits per heavy atom. The Morgan fingerprint density at radius 2 is 1.68 bits per heavy atom. The van der Waals surface area contributed by atoms with Gasteiger partial charge in [-0.2, -0.15) is 0 Å². The van der Waals surface area contributed by atoms with Crippen molar-refractivity contribution in [1.29, 1.82) is 0 Å². The monoisotopic (exact) mass is 306 g/mol. The molecule has 0 aliphatic rings. The first kappa shape index (κ1) is 18.2. The van der Waals surface area contributed by atoms with Gasteiger partial charge in [0.15, 0.2) is 0 Å². The molecule has 122 valence electrons. The Morgan fingerprint density at radius 3 is 2.18 bits per heavy atom. The number of carbonyl (C=O) groups excluding carboxylic acids is 1. The van der Waals surface area contributed by atoms with E-state index in [1.54, 1.807) is 12.1 Å². The largest absolute Gasteiger partial charge is 0.478 e. The van der Waals surface area contributed by atoms with Crippen molar-refractivity contribution in [2.75, 3.05) is 0 Å². The van der Waals surface area contributed by atoms with E-state index in [0.29, 0.717) is 5.92 Å². The fourth-order valence-electron chi connectivity index (χ4n) is 2.84. The van der Waals surface area contributed by atoms with Gasteiger partial charge in [-0.05, 0) is 43.2 Å². The Kier molecular flexibility index (Phi) is 6.15. The minimum Gasteiger partial charge on any atom is -0.478 e. The SMILES string of the molecule is CC(CC(C)OC(=O)c1ccccc1C(=O)O)CC(C)(C)C. The van der Waals surface area contributed by atoms with Crippen molar-refractivity contribution in [3.63, 3.8) is 0 Å². The summed E-state index contributed by atoms with van der Waals surface area (Å²) in [5.74, 6) is -1.27. The molecular formula is C18H26O4. The third-order valence-electron chi connectivity index (χ3n) is 3.38. The van der Waals surface area contributed by atoms with Crippen molar-refractivity contribution in [1.82, 2.24) is 0 Å². The summed E-state index contributed by atoms with van der Waals surface area (Å²) in [6.45, 7) is 10.5. The number of hydrogen-bond acceptors (Lipinski definition) is 3. The van der Waals surface area contributed by atoms with E-state index in [4.69, 9.17) is 9.84 Å². The number of hydrogen-bond donors (Lipinski definition) is 1. The molecule has 1 N–H and O–H groups in total. The van der Waals surface area contributed by atoms with E-state index >= 15 is 0 Å². The van der Waals surface area contributed by atoms with Gasteiger partial charge in [0.1, 0.15) is 0 Å². The Balaban J connectivity index is 2.67. The number of carbonyl (C=O) groups is 2. The van der Waals surface area contributed by atoms with E-state index in [1.165, 1.54) is 12.1 Å². The first-order valence-corrected chi connectivity index (χ1v) is 7.63. The molecule has 0 aromatic heterocycles. The summed E-state index contributed by atoms with van der Waals surface area (Å²) in [5, 5.41) is 9.11. The second-order valence-electron chi connectivity index (χ2n) is 7.17. The standard InChI is InChI=1S/C18H26O4/c1-12(11-18(3,4)5)10-13(2)22-17(21)15-9-7-6-8-14(15)16(19)20/h6-9,12-13H,10-11H2,1-5H3,(H,19,20). The molecule has 0 spiro atoms. The fraction of sp³-hybridized carbons (Fsp3) is 0.556. The van der Waals surface area contributed by atoms with Crippen LogP contribution in [0.4, 0.5) is 0 Å². The van der Waals surface area contributed by atoms with Crippen LogP contribution in [0.2, 0.25) is 0 Å². The quantitative estimate of drug-likeness (QED) is 0.792. The number of carboxylic acids is 1. The summed E-state index contributed by atoms with van der Waals surface area (Å²) in [4.78, 5) is 23.3. The summed E-state index contributed by atoms with van der Waals surface area (Å²) in [7, 11) is 0. The van der Waals surface area contributed by atoms with E-state index in [1.807, 2.05) is 6.92 Å². The number of rotatable bonds is 6. The zero-order valence-electron chi connectivity index (χ0n) is 14.1. The van der Waals surface area contributed by atoms with Crippen LogP contribution in [0.1, 0.15) is 68.2 Å². The van der Waals surface area contributed by atoms with Gasteiger partial charge >= 0.3 is 11.9 Å². The van der Waals surface area contributed by atoms with Crippen LogP contribution in [0.15, 0.2) is 24.3 Å². The van der Waals surface area contributed by atoms with Crippen LogP contribution in [-0.4, -0.2) is 23.1 Å². The minimum atomic E-state index is -1.12. The van der Waals surface area contributed by atoms with Gasteiger partial charge in [0.2, 0.25) is 0 Å². The molecule has 4 heteroatoms. The Labute approximate surface area is 132 Å². The molecular weight excluding hydrogens is 280 g/mol. The van der Waals surface area contributed by atoms with Gasteiger partial charge < -0.3 is 9.84 Å². The second kappa shape index (κ2) is 7.43.